The Morgan fingerprint density at radius 2 is 2.38 bits per heavy atom. The maximum absolute atomic E-state index is 11.9. The molecule has 0 spiro atoms. The molecule has 0 saturated heterocycles. The molecule has 0 aromatic carbocycles. The van der Waals surface area contributed by atoms with Gasteiger partial charge in [0.15, 0.2) is 5.65 Å². The molecule has 2 aromatic rings. The predicted octanol–water partition coefficient (Wildman–Crippen LogP) is -0.960. The van der Waals surface area contributed by atoms with Gasteiger partial charge in [0.2, 0.25) is 0 Å². The molecule has 0 radical (unpaired) electrons. The maximum Gasteiger partial charge on any atom is 0.281 e. The molecule has 2 N–H and O–H groups in total. The fourth-order valence-corrected chi connectivity index (χ4v) is 1.36. The molecule has 0 fully saturated rings. The molecule has 0 aliphatic heterocycles. The third-order valence-corrected chi connectivity index (χ3v) is 2.28. The van der Waals surface area contributed by atoms with Crippen LogP contribution in [0.25, 0.3) is 11.0 Å². The summed E-state index contributed by atoms with van der Waals surface area (Å²) < 4.78 is 2.74. The van der Waals surface area contributed by atoms with E-state index in [2.05, 4.69) is 22.0 Å². The lowest BCUT2D eigenvalue weighted by molar-refractivity contribution is 0.586. The highest BCUT2D eigenvalue weighted by molar-refractivity contribution is 5.72. The van der Waals surface area contributed by atoms with Gasteiger partial charge in [-0.2, -0.15) is 5.10 Å². The monoisotopic (exact) mass is 220 g/mol. The molecule has 0 amide bonds. The number of fused-ring (bicyclic) bond motifs is 1. The van der Waals surface area contributed by atoms with Gasteiger partial charge in [-0.3, -0.25) is 4.79 Å². The highest BCUT2D eigenvalue weighted by Crippen LogP contribution is 2.02. The van der Waals surface area contributed by atoms with Gasteiger partial charge in [-0.05, 0) is 5.57 Å². The predicted molar refractivity (Wildman–Crippen MR) is 58.8 cm³/mol. The zero-order valence-corrected chi connectivity index (χ0v) is 8.92. The van der Waals surface area contributed by atoms with Crippen molar-refractivity contribution in [3.8, 4) is 0 Å². The van der Waals surface area contributed by atoms with Crippen molar-refractivity contribution in [3.05, 3.63) is 28.7 Å². The number of rotatable bonds is 3. The number of nitrogens with zero attached hydrogens (tertiary/aromatic N) is 5. The van der Waals surface area contributed by atoms with E-state index in [0.717, 1.165) is 5.57 Å². The molecular weight excluding hydrogens is 208 g/mol. The molecular formula is C9H12N6O. The summed E-state index contributed by atoms with van der Waals surface area (Å²) in [7, 11) is 1.71. The van der Waals surface area contributed by atoms with Gasteiger partial charge < -0.3 is 5.73 Å². The van der Waals surface area contributed by atoms with E-state index in [1.165, 1.54) is 15.6 Å². The summed E-state index contributed by atoms with van der Waals surface area (Å²) in [5.74, 6) is 0. The van der Waals surface area contributed by atoms with Crippen molar-refractivity contribution >= 4 is 11.0 Å². The van der Waals surface area contributed by atoms with E-state index in [9.17, 15) is 4.79 Å². The second-order valence-corrected chi connectivity index (χ2v) is 3.51. The Bertz CT molecular complexity index is 596. The number of hydrogen-bond donors (Lipinski definition) is 1. The maximum atomic E-state index is 11.9. The summed E-state index contributed by atoms with van der Waals surface area (Å²) in [5.41, 5.74) is 6.37. The number of nitrogens with two attached hydrogens (primary N) is 1. The highest BCUT2D eigenvalue weighted by Gasteiger charge is 2.09. The van der Waals surface area contributed by atoms with Crippen LogP contribution in [-0.4, -0.2) is 31.3 Å². The first-order chi connectivity index (χ1) is 7.63. The SMILES string of the molecule is C=C(CN)Cn1nnc2c(cnn2C)c1=O. The van der Waals surface area contributed by atoms with Crippen molar-refractivity contribution in [2.75, 3.05) is 6.54 Å². The molecule has 0 aliphatic rings. The van der Waals surface area contributed by atoms with Gasteiger partial charge in [0.1, 0.15) is 5.39 Å². The number of aromatic nitrogens is 5. The second kappa shape index (κ2) is 3.86. The Labute approximate surface area is 91.2 Å². The van der Waals surface area contributed by atoms with Gasteiger partial charge in [0.05, 0.1) is 12.7 Å². The zero-order chi connectivity index (χ0) is 11.7. The van der Waals surface area contributed by atoms with Crippen LogP contribution in [0, 0.1) is 0 Å². The van der Waals surface area contributed by atoms with E-state index >= 15 is 0 Å². The van der Waals surface area contributed by atoms with Gasteiger partial charge in [-0.25, -0.2) is 9.36 Å². The Balaban J connectivity index is 2.53. The Hall–Kier alpha value is -2.02. The van der Waals surface area contributed by atoms with Crippen molar-refractivity contribution < 1.29 is 0 Å². The van der Waals surface area contributed by atoms with Gasteiger partial charge in [-0.15, -0.1) is 5.10 Å². The van der Waals surface area contributed by atoms with Crippen molar-refractivity contribution in [3.63, 3.8) is 0 Å². The molecule has 2 rings (SSSR count). The van der Waals surface area contributed by atoms with Crippen LogP contribution in [0.3, 0.4) is 0 Å². The van der Waals surface area contributed by atoms with Crippen LogP contribution < -0.4 is 11.3 Å². The van der Waals surface area contributed by atoms with E-state index < -0.39 is 0 Å². The van der Waals surface area contributed by atoms with Crippen LogP contribution in [0.1, 0.15) is 0 Å². The molecule has 0 unspecified atom stereocenters. The molecule has 2 aromatic heterocycles. The van der Waals surface area contributed by atoms with Crippen LogP contribution in [-0.2, 0) is 13.6 Å². The van der Waals surface area contributed by atoms with Crippen molar-refractivity contribution in [2.24, 2.45) is 12.8 Å². The Kier molecular flexibility index (Phi) is 2.53. The van der Waals surface area contributed by atoms with E-state index in [-0.39, 0.29) is 12.1 Å². The summed E-state index contributed by atoms with van der Waals surface area (Å²) in [5, 5.41) is 12.1. The minimum absolute atomic E-state index is 0.229. The minimum atomic E-state index is -0.229. The molecule has 16 heavy (non-hydrogen) atoms. The first-order valence-corrected chi connectivity index (χ1v) is 4.75. The lowest BCUT2D eigenvalue weighted by Gasteiger charge is -2.03. The number of hydrogen-bond acceptors (Lipinski definition) is 5. The molecule has 0 bridgehead atoms. The van der Waals surface area contributed by atoms with E-state index in [1.54, 1.807) is 7.05 Å². The van der Waals surface area contributed by atoms with E-state index in [1.807, 2.05) is 0 Å². The van der Waals surface area contributed by atoms with Gasteiger partial charge in [0, 0.05) is 13.6 Å². The van der Waals surface area contributed by atoms with Gasteiger partial charge in [0.25, 0.3) is 5.56 Å². The molecule has 7 heteroatoms. The first-order valence-electron chi connectivity index (χ1n) is 4.75. The summed E-state index contributed by atoms with van der Waals surface area (Å²) in [6.45, 7) is 4.33. The third kappa shape index (κ3) is 1.61. The van der Waals surface area contributed by atoms with Crippen LogP contribution in [0.15, 0.2) is 23.1 Å². The molecule has 7 nitrogen and oxygen atoms in total. The Morgan fingerprint density at radius 3 is 3.06 bits per heavy atom. The summed E-state index contributed by atoms with van der Waals surface area (Å²) in [4.78, 5) is 11.9. The van der Waals surface area contributed by atoms with Crippen LogP contribution in [0.2, 0.25) is 0 Å². The minimum Gasteiger partial charge on any atom is -0.327 e. The average molecular weight is 220 g/mol. The topological polar surface area (TPSA) is 91.6 Å². The molecule has 84 valence electrons. The molecule has 2 heterocycles. The van der Waals surface area contributed by atoms with Crippen molar-refractivity contribution in [1.29, 1.82) is 0 Å². The van der Waals surface area contributed by atoms with E-state index in [0.29, 0.717) is 17.6 Å². The Morgan fingerprint density at radius 1 is 1.62 bits per heavy atom. The average Bonchev–Trinajstić information content (AvgIpc) is 2.65. The van der Waals surface area contributed by atoms with Gasteiger partial charge in [-0.1, -0.05) is 11.8 Å². The fourth-order valence-electron chi connectivity index (χ4n) is 1.36. The summed E-state index contributed by atoms with van der Waals surface area (Å²) >= 11 is 0. The zero-order valence-electron chi connectivity index (χ0n) is 8.92. The molecule has 0 aliphatic carbocycles. The lowest BCUT2D eigenvalue weighted by Crippen LogP contribution is -2.26. The smallest absolute Gasteiger partial charge is 0.281 e. The summed E-state index contributed by atoms with van der Waals surface area (Å²) in [6, 6.07) is 0. The standard InChI is InChI=1S/C9H12N6O/c1-6(3-10)5-15-9(16)7-4-11-14(2)8(7)12-13-15/h4H,1,3,5,10H2,2H3. The normalized spacial score (nSPS) is 10.9. The quantitative estimate of drug-likeness (QED) is 0.672. The van der Waals surface area contributed by atoms with Crippen LogP contribution in [0.4, 0.5) is 0 Å². The lowest BCUT2D eigenvalue weighted by atomic mass is 10.3. The highest BCUT2D eigenvalue weighted by atomic mass is 16.1. The molecule has 0 saturated carbocycles. The second-order valence-electron chi connectivity index (χ2n) is 3.51. The molecule has 0 atom stereocenters. The largest absolute Gasteiger partial charge is 0.327 e. The van der Waals surface area contributed by atoms with Crippen LogP contribution in [0.5, 0.6) is 0 Å². The summed E-state index contributed by atoms with van der Waals surface area (Å²) in [6.07, 6.45) is 1.48. The fraction of sp³-hybridized carbons (Fsp3) is 0.333. The first kappa shape index (κ1) is 10.5. The van der Waals surface area contributed by atoms with Crippen molar-refractivity contribution in [1.82, 2.24) is 24.8 Å². The van der Waals surface area contributed by atoms with Gasteiger partial charge >= 0.3 is 0 Å². The van der Waals surface area contributed by atoms with Crippen LogP contribution >= 0.6 is 0 Å². The van der Waals surface area contributed by atoms with E-state index in [4.69, 9.17) is 5.73 Å². The van der Waals surface area contributed by atoms with Crippen molar-refractivity contribution in [2.45, 2.75) is 6.54 Å². The third-order valence-electron chi connectivity index (χ3n) is 2.28. The number of aryl methyl sites for hydroxylation is 1.